The van der Waals surface area contributed by atoms with Crippen LogP contribution in [-0.2, 0) is 6.18 Å². The van der Waals surface area contributed by atoms with Crippen molar-refractivity contribution in [2.75, 3.05) is 5.32 Å². The van der Waals surface area contributed by atoms with Gasteiger partial charge in [-0.15, -0.1) is 0 Å². The quantitative estimate of drug-likeness (QED) is 0.533. The Bertz CT molecular complexity index is 1180. The van der Waals surface area contributed by atoms with Gasteiger partial charge in [-0.2, -0.15) is 13.2 Å². The summed E-state index contributed by atoms with van der Waals surface area (Å²) in [6.07, 6.45) is -0.661. The van der Waals surface area contributed by atoms with E-state index >= 15 is 0 Å². The highest BCUT2D eigenvalue weighted by Gasteiger charge is 2.37. The molecule has 144 valence electrons. The molecule has 0 bridgehead atoms. The number of hydrogen-bond acceptors (Lipinski definition) is 4. The highest BCUT2D eigenvalue weighted by atomic mass is 19.4. The van der Waals surface area contributed by atoms with E-state index in [2.05, 4.69) is 20.3 Å². The number of carbonyl (C=O) groups excluding carboxylic acids is 1. The zero-order valence-corrected chi connectivity index (χ0v) is 14.8. The monoisotopic (exact) mass is 394 g/mol. The standard InChI is InChI=1S/C21H13F3N4O/c22-21(23,24)19-14-5-1-2-7-17(14)26-12-15(19)20(29)28-18-9-8-13(11-27-18)16-6-3-4-10-25-16/h1-12H,(H,27,28,29). The lowest BCUT2D eigenvalue weighted by Crippen LogP contribution is -2.20. The number of hydrogen-bond donors (Lipinski definition) is 1. The maximum atomic E-state index is 13.7. The normalized spacial score (nSPS) is 11.4. The molecule has 0 radical (unpaired) electrons. The molecule has 4 rings (SSSR count). The van der Waals surface area contributed by atoms with Crippen LogP contribution in [0.4, 0.5) is 19.0 Å². The third-order valence-electron chi connectivity index (χ3n) is 4.27. The lowest BCUT2D eigenvalue weighted by atomic mass is 10.0. The number of nitrogens with one attached hydrogen (secondary N) is 1. The molecule has 5 nitrogen and oxygen atoms in total. The summed E-state index contributed by atoms with van der Waals surface area (Å²) in [6.45, 7) is 0. The molecule has 0 aliphatic carbocycles. The average Bonchev–Trinajstić information content (AvgIpc) is 2.73. The number of fused-ring (bicyclic) bond motifs is 1. The Morgan fingerprint density at radius 2 is 1.66 bits per heavy atom. The minimum Gasteiger partial charge on any atom is -0.307 e. The number of para-hydroxylation sites is 1. The summed E-state index contributed by atoms with van der Waals surface area (Å²) in [4.78, 5) is 24.9. The fourth-order valence-electron chi connectivity index (χ4n) is 2.96. The summed E-state index contributed by atoms with van der Waals surface area (Å²) in [6, 6.07) is 14.4. The zero-order chi connectivity index (χ0) is 20.4. The van der Waals surface area contributed by atoms with Gasteiger partial charge < -0.3 is 5.32 Å². The van der Waals surface area contributed by atoms with E-state index in [0.717, 1.165) is 6.20 Å². The third-order valence-corrected chi connectivity index (χ3v) is 4.27. The molecule has 4 aromatic rings. The molecule has 8 heteroatoms. The van der Waals surface area contributed by atoms with Gasteiger partial charge in [0.2, 0.25) is 0 Å². The molecule has 3 heterocycles. The van der Waals surface area contributed by atoms with Crippen molar-refractivity contribution in [3.8, 4) is 11.3 Å². The number of benzene rings is 1. The largest absolute Gasteiger partial charge is 0.417 e. The van der Waals surface area contributed by atoms with Gasteiger partial charge in [-0.3, -0.25) is 14.8 Å². The molecule has 0 atom stereocenters. The number of pyridine rings is 3. The van der Waals surface area contributed by atoms with Gasteiger partial charge in [0.1, 0.15) is 5.82 Å². The second-order valence-electron chi connectivity index (χ2n) is 6.16. The van der Waals surface area contributed by atoms with Crippen molar-refractivity contribution in [3.63, 3.8) is 0 Å². The van der Waals surface area contributed by atoms with E-state index in [4.69, 9.17) is 0 Å². The Morgan fingerprint density at radius 3 is 2.34 bits per heavy atom. The highest BCUT2D eigenvalue weighted by molar-refractivity contribution is 6.07. The van der Waals surface area contributed by atoms with Crippen LogP contribution in [0, 0.1) is 0 Å². The first-order chi connectivity index (χ1) is 13.9. The summed E-state index contributed by atoms with van der Waals surface area (Å²) in [5, 5.41) is 2.27. The van der Waals surface area contributed by atoms with Gasteiger partial charge in [0.25, 0.3) is 5.91 Å². The summed E-state index contributed by atoms with van der Waals surface area (Å²) in [5.41, 5.74) is -0.0189. The van der Waals surface area contributed by atoms with Gasteiger partial charge in [0.15, 0.2) is 0 Å². The number of aromatic nitrogens is 3. The van der Waals surface area contributed by atoms with Gasteiger partial charge >= 0.3 is 6.18 Å². The van der Waals surface area contributed by atoms with Crippen LogP contribution in [0.2, 0.25) is 0 Å². The number of rotatable bonds is 3. The van der Waals surface area contributed by atoms with Crippen molar-refractivity contribution in [1.82, 2.24) is 15.0 Å². The van der Waals surface area contributed by atoms with E-state index in [9.17, 15) is 18.0 Å². The van der Waals surface area contributed by atoms with Gasteiger partial charge in [-0.1, -0.05) is 24.3 Å². The minimum atomic E-state index is -4.72. The molecule has 0 fully saturated rings. The first kappa shape index (κ1) is 18.5. The Labute approximate surface area is 163 Å². The van der Waals surface area contributed by atoms with Crippen molar-refractivity contribution in [2.24, 2.45) is 0 Å². The maximum Gasteiger partial charge on any atom is 0.417 e. The summed E-state index contributed by atoms with van der Waals surface area (Å²) in [7, 11) is 0. The smallest absolute Gasteiger partial charge is 0.307 e. The van der Waals surface area contributed by atoms with Crippen LogP contribution in [0.15, 0.2) is 73.2 Å². The molecular weight excluding hydrogens is 381 g/mol. The van der Waals surface area contributed by atoms with Crippen molar-refractivity contribution in [1.29, 1.82) is 0 Å². The van der Waals surface area contributed by atoms with Crippen molar-refractivity contribution < 1.29 is 18.0 Å². The maximum absolute atomic E-state index is 13.7. The minimum absolute atomic E-state index is 0.121. The SMILES string of the molecule is O=C(Nc1ccc(-c2ccccn2)cn1)c1cnc2ccccc2c1C(F)(F)F. The first-order valence-corrected chi connectivity index (χ1v) is 8.57. The summed E-state index contributed by atoms with van der Waals surface area (Å²) >= 11 is 0. The molecule has 0 unspecified atom stereocenters. The van der Waals surface area contributed by atoms with Crippen molar-refractivity contribution in [3.05, 3.63) is 84.3 Å². The van der Waals surface area contributed by atoms with E-state index < -0.39 is 23.2 Å². The van der Waals surface area contributed by atoms with Gasteiger partial charge in [-0.25, -0.2) is 4.98 Å². The predicted molar refractivity (Wildman–Crippen MR) is 102 cm³/mol. The van der Waals surface area contributed by atoms with Crippen LogP contribution >= 0.6 is 0 Å². The number of halogens is 3. The fraction of sp³-hybridized carbons (Fsp3) is 0.0476. The van der Waals surface area contributed by atoms with Crippen LogP contribution in [0.3, 0.4) is 0 Å². The van der Waals surface area contributed by atoms with Gasteiger partial charge in [0, 0.05) is 29.5 Å². The van der Waals surface area contributed by atoms with Crippen LogP contribution in [0.5, 0.6) is 0 Å². The lowest BCUT2D eigenvalue weighted by molar-refractivity contribution is -0.136. The number of anilines is 1. The van der Waals surface area contributed by atoms with E-state index in [1.807, 2.05) is 6.07 Å². The van der Waals surface area contributed by atoms with E-state index in [1.54, 1.807) is 30.5 Å². The van der Waals surface area contributed by atoms with Crippen LogP contribution in [0.25, 0.3) is 22.2 Å². The molecule has 0 aliphatic rings. The number of carbonyl (C=O) groups is 1. The summed E-state index contributed by atoms with van der Waals surface area (Å²) < 4.78 is 41.1. The van der Waals surface area contributed by atoms with Gasteiger partial charge in [0.05, 0.1) is 22.3 Å². The first-order valence-electron chi connectivity index (χ1n) is 8.57. The Balaban J connectivity index is 1.66. The second-order valence-corrected chi connectivity index (χ2v) is 6.16. The molecule has 0 saturated carbocycles. The van der Waals surface area contributed by atoms with E-state index in [-0.39, 0.29) is 16.7 Å². The molecule has 1 amide bonds. The molecule has 3 aromatic heterocycles. The van der Waals surface area contributed by atoms with Crippen molar-refractivity contribution >= 4 is 22.6 Å². The molecule has 0 spiro atoms. The van der Waals surface area contributed by atoms with Crippen LogP contribution in [-0.4, -0.2) is 20.9 Å². The molecule has 29 heavy (non-hydrogen) atoms. The zero-order valence-electron chi connectivity index (χ0n) is 14.8. The van der Waals surface area contributed by atoms with E-state index in [1.165, 1.54) is 30.5 Å². The van der Waals surface area contributed by atoms with Crippen molar-refractivity contribution in [2.45, 2.75) is 6.18 Å². The number of nitrogens with zero attached hydrogens (tertiary/aromatic N) is 3. The Hall–Kier alpha value is -3.81. The lowest BCUT2D eigenvalue weighted by Gasteiger charge is -2.15. The molecule has 0 aliphatic heterocycles. The fourth-order valence-corrected chi connectivity index (χ4v) is 2.96. The third kappa shape index (κ3) is 3.77. The molecule has 1 N–H and O–H groups in total. The average molecular weight is 394 g/mol. The molecular formula is C21H13F3N4O. The van der Waals surface area contributed by atoms with Crippen LogP contribution < -0.4 is 5.32 Å². The van der Waals surface area contributed by atoms with E-state index in [0.29, 0.717) is 11.3 Å². The molecule has 1 aromatic carbocycles. The van der Waals surface area contributed by atoms with Crippen LogP contribution in [0.1, 0.15) is 15.9 Å². The highest BCUT2D eigenvalue weighted by Crippen LogP contribution is 2.37. The molecule has 0 saturated heterocycles. The number of amides is 1. The second kappa shape index (κ2) is 7.31. The van der Waals surface area contributed by atoms with Gasteiger partial charge in [-0.05, 0) is 30.3 Å². The number of alkyl halides is 3. The Kier molecular flexibility index (Phi) is 4.67. The summed E-state index contributed by atoms with van der Waals surface area (Å²) in [5.74, 6) is -0.815. The predicted octanol–water partition coefficient (Wildman–Crippen LogP) is 4.96. The topological polar surface area (TPSA) is 67.8 Å². The Morgan fingerprint density at radius 1 is 0.862 bits per heavy atom.